The number of nitrogens with zero attached hydrogens (tertiary/aromatic N) is 5. The van der Waals surface area contributed by atoms with Crippen LogP contribution in [0.1, 0.15) is 19.7 Å². The van der Waals surface area contributed by atoms with Gasteiger partial charge in [0.05, 0.1) is 6.07 Å². The first kappa shape index (κ1) is 8.65. The minimum atomic E-state index is 0.231. The molecule has 5 heteroatoms. The van der Waals surface area contributed by atoms with Gasteiger partial charge in [-0.1, -0.05) is 13.8 Å². The van der Waals surface area contributed by atoms with Crippen LogP contribution < -0.4 is 0 Å². The highest BCUT2D eigenvalue weighted by atomic mass is 15.5. The molecule has 0 saturated carbocycles. The van der Waals surface area contributed by atoms with E-state index >= 15 is 0 Å². The van der Waals surface area contributed by atoms with Gasteiger partial charge >= 0.3 is 0 Å². The van der Waals surface area contributed by atoms with Crippen molar-refractivity contribution in [2.24, 2.45) is 5.92 Å². The lowest BCUT2D eigenvalue weighted by molar-refractivity contribution is 0.567. The maximum atomic E-state index is 8.43. The fourth-order valence-electron chi connectivity index (χ4n) is 0.924. The maximum absolute atomic E-state index is 8.43. The Hall–Kier alpha value is -1.44. The van der Waals surface area contributed by atoms with Crippen LogP contribution in [0.5, 0.6) is 0 Å². The summed E-state index contributed by atoms with van der Waals surface area (Å²) in [6.07, 6.45) is 0.814. The van der Waals surface area contributed by atoms with Crippen LogP contribution >= 0.6 is 0 Å². The molecule has 0 radical (unpaired) electrons. The third-order valence-electron chi connectivity index (χ3n) is 1.42. The molecule has 1 aromatic heterocycles. The van der Waals surface area contributed by atoms with E-state index in [9.17, 15) is 0 Å². The summed E-state index contributed by atoms with van der Waals surface area (Å²) in [5, 5.41) is 19.5. The van der Waals surface area contributed by atoms with E-state index in [2.05, 4.69) is 29.4 Å². The molecule has 5 nitrogen and oxygen atoms in total. The van der Waals surface area contributed by atoms with Gasteiger partial charge < -0.3 is 0 Å². The number of hydrogen-bond donors (Lipinski definition) is 0. The van der Waals surface area contributed by atoms with Gasteiger partial charge in [-0.05, 0) is 16.3 Å². The topological polar surface area (TPSA) is 67.4 Å². The molecule has 0 atom stereocenters. The van der Waals surface area contributed by atoms with Gasteiger partial charge in [-0.15, -0.1) is 5.10 Å². The highest BCUT2D eigenvalue weighted by Crippen LogP contribution is 2.02. The van der Waals surface area contributed by atoms with Gasteiger partial charge in [-0.25, -0.2) is 4.68 Å². The molecule has 1 heterocycles. The molecule has 0 aliphatic carbocycles. The van der Waals surface area contributed by atoms with Gasteiger partial charge in [0.2, 0.25) is 0 Å². The van der Waals surface area contributed by atoms with Crippen LogP contribution in [0.2, 0.25) is 0 Å². The van der Waals surface area contributed by atoms with Crippen LogP contribution in [0.25, 0.3) is 0 Å². The molecule has 0 amide bonds. The molecule has 0 unspecified atom stereocenters. The molecule has 0 aromatic carbocycles. The number of hydrogen-bond acceptors (Lipinski definition) is 4. The molecule has 1 rings (SSSR count). The lowest BCUT2D eigenvalue weighted by atomic mass is 10.1. The number of nitriles is 1. The third-order valence-corrected chi connectivity index (χ3v) is 1.42. The summed E-state index contributed by atoms with van der Waals surface area (Å²) in [6, 6.07) is 2.00. The summed E-state index contributed by atoms with van der Waals surface area (Å²) in [6.45, 7) is 4.41. The van der Waals surface area contributed by atoms with Crippen molar-refractivity contribution in [1.82, 2.24) is 20.2 Å². The quantitative estimate of drug-likeness (QED) is 0.650. The van der Waals surface area contributed by atoms with E-state index < -0.39 is 0 Å². The largest absolute Gasteiger partial charge is 0.215 e. The molecule has 64 valence electrons. The standard InChI is InChI=1S/C7H11N5/c1-6(2)5-7-9-10-11-12(7)4-3-8/h6H,4-5H2,1-2H3. The van der Waals surface area contributed by atoms with Crippen molar-refractivity contribution in [2.45, 2.75) is 26.8 Å². The Morgan fingerprint density at radius 3 is 2.92 bits per heavy atom. The van der Waals surface area contributed by atoms with E-state index in [1.54, 1.807) is 0 Å². The maximum Gasteiger partial charge on any atom is 0.152 e. The van der Waals surface area contributed by atoms with Gasteiger partial charge in [-0.2, -0.15) is 5.26 Å². The van der Waals surface area contributed by atoms with Gasteiger partial charge in [0.25, 0.3) is 0 Å². The Kier molecular flexibility index (Phi) is 2.75. The molecular weight excluding hydrogens is 154 g/mol. The molecule has 0 spiro atoms. The van der Waals surface area contributed by atoms with Crippen LogP contribution in [0.4, 0.5) is 0 Å². The normalized spacial score (nSPS) is 10.2. The number of rotatable bonds is 3. The van der Waals surface area contributed by atoms with Gasteiger partial charge in [-0.3, -0.25) is 0 Å². The van der Waals surface area contributed by atoms with Crippen LogP contribution in [-0.4, -0.2) is 20.2 Å². The van der Waals surface area contributed by atoms with Crippen molar-refractivity contribution in [3.63, 3.8) is 0 Å². The van der Waals surface area contributed by atoms with E-state index in [1.165, 1.54) is 4.68 Å². The molecule has 12 heavy (non-hydrogen) atoms. The molecule has 0 saturated heterocycles. The fraction of sp³-hybridized carbons (Fsp3) is 0.714. The Morgan fingerprint density at radius 2 is 2.33 bits per heavy atom. The summed E-state index contributed by atoms with van der Waals surface area (Å²) >= 11 is 0. The zero-order chi connectivity index (χ0) is 8.97. The van der Waals surface area contributed by atoms with Gasteiger partial charge in [0.15, 0.2) is 5.82 Å². The van der Waals surface area contributed by atoms with Crippen molar-refractivity contribution in [3.8, 4) is 6.07 Å². The molecule has 1 aromatic rings. The predicted molar refractivity (Wildman–Crippen MR) is 42.0 cm³/mol. The zero-order valence-electron chi connectivity index (χ0n) is 7.23. The monoisotopic (exact) mass is 165 g/mol. The Balaban J connectivity index is 2.71. The molecule has 0 aliphatic rings. The lowest BCUT2D eigenvalue weighted by Gasteiger charge is -2.01. The van der Waals surface area contributed by atoms with E-state index in [0.29, 0.717) is 5.92 Å². The smallest absolute Gasteiger partial charge is 0.152 e. The molecule has 0 N–H and O–H groups in total. The summed E-state index contributed by atoms with van der Waals surface area (Å²) in [4.78, 5) is 0. The van der Waals surface area contributed by atoms with Crippen molar-refractivity contribution in [3.05, 3.63) is 5.82 Å². The van der Waals surface area contributed by atoms with E-state index in [0.717, 1.165) is 12.2 Å². The minimum Gasteiger partial charge on any atom is -0.215 e. The molecule has 0 fully saturated rings. The second-order valence-corrected chi connectivity index (χ2v) is 3.01. The molecule has 0 aliphatic heterocycles. The zero-order valence-corrected chi connectivity index (χ0v) is 7.23. The lowest BCUT2D eigenvalue weighted by Crippen LogP contribution is -2.07. The highest BCUT2D eigenvalue weighted by Gasteiger charge is 2.06. The fourth-order valence-corrected chi connectivity index (χ4v) is 0.924. The summed E-state index contributed by atoms with van der Waals surface area (Å²) in [5.41, 5.74) is 0. The van der Waals surface area contributed by atoms with Gasteiger partial charge in [0.1, 0.15) is 6.54 Å². The number of aromatic nitrogens is 4. The first-order chi connectivity index (χ1) is 5.74. The SMILES string of the molecule is CC(C)Cc1nnnn1CC#N. The Morgan fingerprint density at radius 1 is 1.58 bits per heavy atom. The molecular formula is C7H11N5. The van der Waals surface area contributed by atoms with E-state index in [4.69, 9.17) is 5.26 Å². The first-order valence-corrected chi connectivity index (χ1v) is 3.86. The molecule has 0 bridgehead atoms. The van der Waals surface area contributed by atoms with Crippen molar-refractivity contribution in [1.29, 1.82) is 5.26 Å². The number of tetrazole rings is 1. The summed E-state index contributed by atoms with van der Waals surface area (Å²) in [5.74, 6) is 1.29. The van der Waals surface area contributed by atoms with Crippen molar-refractivity contribution >= 4 is 0 Å². The van der Waals surface area contributed by atoms with Crippen molar-refractivity contribution < 1.29 is 0 Å². The van der Waals surface area contributed by atoms with Crippen LogP contribution in [0.3, 0.4) is 0 Å². The first-order valence-electron chi connectivity index (χ1n) is 3.86. The third kappa shape index (κ3) is 2.02. The van der Waals surface area contributed by atoms with E-state index in [-0.39, 0.29) is 6.54 Å². The average Bonchev–Trinajstić information content (AvgIpc) is 2.37. The van der Waals surface area contributed by atoms with Crippen LogP contribution in [-0.2, 0) is 13.0 Å². The summed E-state index contributed by atoms with van der Waals surface area (Å²) in [7, 11) is 0. The second kappa shape index (κ2) is 3.81. The van der Waals surface area contributed by atoms with Crippen LogP contribution in [0, 0.1) is 17.2 Å². The van der Waals surface area contributed by atoms with Crippen molar-refractivity contribution in [2.75, 3.05) is 0 Å². The predicted octanol–water partition coefficient (Wildman–Crippen LogP) is 0.395. The highest BCUT2D eigenvalue weighted by molar-refractivity contribution is 4.85. The second-order valence-electron chi connectivity index (χ2n) is 3.01. The van der Waals surface area contributed by atoms with E-state index in [1.807, 2.05) is 6.07 Å². The Bertz CT molecular complexity index is 282. The Labute approximate surface area is 71.0 Å². The van der Waals surface area contributed by atoms with Crippen LogP contribution in [0.15, 0.2) is 0 Å². The average molecular weight is 165 g/mol. The summed E-state index contributed by atoms with van der Waals surface area (Å²) < 4.78 is 1.53. The minimum absolute atomic E-state index is 0.231. The van der Waals surface area contributed by atoms with Gasteiger partial charge in [0, 0.05) is 6.42 Å².